The van der Waals surface area contributed by atoms with Crippen LogP contribution in [0.25, 0.3) is 0 Å². The molecular formula is C16H28N2O2. The van der Waals surface area contributed by atoms with Gasteiger partial charge in [0, 0.05) is 44.7 Å². The van der Waals surface area contributed by atoms with Gasteiger partial charge < -0.3 is 9.47 Å². The average Bonchev–Trinajstić information content (AvgIpc) is 2.48. The van der Waals surface area contributed by atoms with Crippen molar-refractivity contribution in [1.29, 1.82) is 0 Å². The molecule has 0 saturated carbocycles. The van der Waals surface area contributed by atoms with Crippen molar-refractivity contribution in [2.24, 2.45) is 7.05 Å². The lowest BCUT2D eigenvalue weighted by Crippen LogP contribution is -2.37. The number of fused-ring (bicyclic) bond motifs is 1. The van der Waals surface area contributed by atoms with Crippen LogP contribution in [0.2, 0.25) is 0 Å². The van der Waals surface area contributed by atoms with Gasteiger partial charge in [0.25, 0.3) is 5.56 Å². The van der Waals surface area contributed by atoms with Crippen molar-refractivity contribution in [3.8, 4) is 0 Å². The van der Waals surface area contributed by atoms with Crippen molar-refractivity contribution in [2.45, 2.75) is 54.5 Å². The Morgan fingerprint density at radius 1 is 1.20 bits per heavy atom. The summed E-state index contributed by atoms with van der Waals surface area (Å²) in [7, 11) is 1.80. The smallest absolute Gasteiger partial charge is 0.253 e. The molecule has 0 N–H and O–H groups in total. The molecule has 4 heteroatoms. The van der Waals surface area contributed by atoms with E-state index in [4.69, 9.17) is 0 Å². The van der Waals surface area contributed by atoms with Crippen molar-refractivity contribution >= 4 is 5.91 Å². The van der Waals surface area contributed by atoms with Crippen LogP contribution in [-0.4, -0.2) is 21.9 Å². The number of hydrogen-bond acceptors (Lipinski definition) is 2. The van der Waals surface area contributed by atoms with E-state index in [1.54, 1.807) is 18.5 Å². The zero-order chi connectivity index (χ0) is 15.9. The Kier molecular flexibility index (Phi) is 7.89. The van der Waals surface area contributed by atoms with Crippen LogP contribution in [0.5, 0.6) is 0 Å². The van der Waals surface area contributed by atoms with Crippen LogP contribution < -0.4 is 5.56 Å². The van der Waals surface area contributed by atoms with Gasteiger partial charge in [-0.1, -0.05) is 27.7 Å². The van der Waals surface area contributed by atoms with Crippen LogP contribution in [0.4, 0.5) is 0 Å². The first-order valence-electron chi connectivity index (χ1n) is 7.44. The minimum absolute atomic E-state index is 0.0648. The van der Waals surface area contributed by atoms with Crippen LogP contribution in [0.3, 0.4) is 0 Å². The molecule has 4 nitrogen and oxygen atoms in total. The lowest BCUT2D eigenvalue weighted by molar-refractivity contribution is -0.129. The second-order valence-electron chi connectivity index (χ2n) is 4.35. The fourth-order valence-electron chi connectivity index (χ4n) is 2.27. The number of aryl methyl sites for hydroxylation is 1. The zero-order valence-electron chi connectivity index (χ0n) is 13.9. The quantitative estimate of drug-likeness (QED) is 0.733. The molecule has 20 heavy (non-hydrogen) atoms. The van der Waals surface area contributed by atoms with E-state index >= 15 is 0 Å². The maximum absolute atomic E-state index is 11.7. The fourth-order valence-corrected chi connectivity index (χ4v) is 2.27. The van der Waals surface area contributed by atoms with Crippen LogP contribution >= 0.6 is 0 Å². The van der Waals surface area contributed by atoms with Crippen molar-refractivity contribution < 1.29 is 4.79 Å². The number of hydrogen-bond donors (Lipinski definition) is 0. The summed E-state index contributed by atoms with van der Waals surface area (Å²) in [6.45, 7) is 12.7. The van der Waals surface area contributed by atoms with Crippen LogP contribution in [0, 0.1) is 6.92 Å². The maximum Gasteiger partial charge on any atom is 0.253 e. The molecule has 0 aliphatic carbocycles. The third-order valence-corrected chi connectivity index (χ3v) is 3.23. The molecule has 0 saturated heterocycles. The highest BCUT2D eigenvalue weighted by Gasteiger charge is 2.20. The summed E-state index contributed by atoms with van der Waals surface area (Å²) in [4.78, 5) is 24.9. The highest BCUT2D eigenvalue weighted by molar-refractivity contribution is 5.73. The molecule has 0 spiro atoms. The zero-order valence-corrected chi connectivity index (χ0v) is 13.9. The standard InChI is InChI=1S/C12H16N2O2.2C2H6/c1-8-6-10-7-14(9(2)15)5-4-11(10)13(3)12(8)16;2*1-2/h6H,4-5,7H2,1-3H3;2*1-2H3. The van der Waals surface area contributed by atoms with E-state index in [-0.39, 0.29) is 11.5 Å². The maximum atomic E-state index is 11.7. The first-order chi connectivity index (χ1) is 9.50. The topological polar surface area (TPSA) is 42.3 Å². The minimum atomic E-state index is 0.0648. The van der Waals surface area contributed by atoms with Crippen molar-refractivity contribution in [2.75, 3.05) is 6.54 Å². The number of amides is 1. The fraction of sp³-hybridized carbons (Fsp3) is 0.625. The van der Waals surface area contributed by atoms with Gasteiger partial charge in [-0.05, 0) is 18.6 Å². The summed E-state index contributed by atoms with van der Waals surface area (Å²) in [5, 5.41) is 0. The molecule has 2 rings (SSSR count). The Labute approximate surface area is 122 Å². The van der Waals surface area contributed by atoms with Crippen LogP contribution in [-0.2, 0) is 24.8 Å². The highest BCUT2D eigenvalue weighted by atomic mass is 16.2. The largest absolute Gasteiger partial charge is 0.338 e. The first kappa shape index (κ1) is 18.4. The van der Waals surface area contributed by atoms with Gasteiger partial charge >= 0.3 is 0 Å². The summed E-state index contributed by atoms with van der Waals surface area (Å²) in [6, 6.07) is 1.91. The minimum Gasteiger partial charge on any atom is -0.338 e. The Morgan fingerprint density at radius 3 is 2.25 bits per heavy atom. The monoisotopic (exact) mass is 280 g/mol. The van der Waals surface area contributed by atoms with E-state index < -0.39 is 0 Å². The summed E-state index contributed by atoms with van der Waals surface area (Å²) >= 11 is 0. The van der Waals surface area contributed by atoms with Crippen molar-refractivity contribution in [3.63, 3.8) is 0 Å². The van der Waals surface area contributed by atoms with Gasteiger partial charge in [0.1, 0.15) is 0 Å². The van der Waals surface area contributed by atoms with Gasteiger partial charge in [0.05, 0.1) is 0 Å². The number of pyridine rings is 1. The average molecular weight is 280 g/mol. The third kappa shape index (κ3) is 3.95. The molecule has 0 aromatic carbocycles. The van der Waals surface area contributed by atoms with Crippen molar-refractivity contribution in [3.05, 3.63) is 33.2 Å². The molecule has 1 amide bonds. The number of carbonyl (C=O) groups is 1. The summed E-state index contributed by atoms with van der Waals surface area (Å²) in [6.07, 6.45) is 0.765. The molecule has 1 aromatic rings. The Bertz CT molecular complexity index is 504. The number of rotatable bonds is 0. The van der Waals surface area contributed by atoms with Gasteiger partial charge in [-0.2, -0.15) is 0 Å². The van der Waals surface area contributed by atoms with Gasteiger partial charge in [-0.25, -0.2) is 0 Å². The molecule has 0 fully saturated rings. The summed E-state index contributed by atoms with van der Waals surface area (Å²) in [5.41, 5.74) is 2.97. The summed E-state index contributed by atoms with van der Waals surface area (Å²) < 4.78 is 1.71. The lowest BCUT2D eigenvalue weighted by atomic mass is 10.0. The van der Waals surface area contributed by atoms with E-state index in [0.717, 1.165) is 23.2 Å². The van der Waals surface area contributed by atoms with E-state index in [9.17, 15) is 9.59 Å². The molecule has 1 aliphatic heterocycles. The first-order valence-corrected chi connectivity index (χ1v) is 7.44. The van der Waals surface area contributed by atoms with Crippen LogP contribution in [0.1, 0.15) is 51.4 Å². The molecule has 1 aliphatic rings. The number of aromatic nitrogens is 1. The highest BCUT2D eigenvalue weighted by Crippen LogP contribution is 2.17. The SMILES string of the molecule is CC.CC.CC(=O)N1CCc2c(cc(C)c(=O)n2C)C1. The molecule has 0 radical (unpaired) electrons. The number of carbonyl (C=O) groups excluding carboxylic acids is 1. The number of nitrogens with zero attached hydrogens (tertiary/aromatic N) is 2. The van der Waals surface area contributed by atoms with E-state index in [0.29, 0.717) is 13.1 Å². The predicted octanol–water partition coefficient (Wildman–Crippen LogP) is 2.65. The third-order valence-electron chi connectivity index (χ3n) is 3.23. The Balaban J connectivity index is 0.000000829. The van der Waals surface area contributed by atoms with E-state index in [1.807, 2.05) is 45.6 Å². The predicted molar refractivity (Wildman–Crippen MR) is 83.9 cm³/mol. The second kappa shape index (κ2) is 8.56. The van der Waals surface area contributed by atoms with E-state index in [1.165, 1.54) is 0 Å². The normalized spacial score (nSPS) is 12.4. The molecule has 0 unspecified atom stereocenters. The van der Waals surface area contributed by atoms with E-state index in [2.05, 4.69) is 0 Å². The molecule has 2 heterocycles. The molecule has 0 atom stereocenters. The second-order valence-corrected chi connectivity index (χ2v) is 4.35. The van der Waals surface area contributed by atoms with Gasteiger partial charge in [-0.15, -0.1) is 0 Å². The Hall–Kier alpha value is -1.58. The van der Waals surface area contributed by atoms with Gasteiger partial charge in [0.15, 0.2) is 0 Å². The van der Waals surface area contributed by atoms with Crippen LogP contribution in [0.15, 0.2) is 10.9 Å². The molecule has 114 valence electrons. The molecule has 0 bridgehead atoms. The van der Waals surface area contributed by atoms with Gasteiger partial charge in [0.2, 0.25) is 5.91 Å². The molecule has 1 aromatic heterocycles. The lowest BCUT2D eigenvalue weighted by Gasteiger charge is -2.29. The van der Waals surface area contributed by atoms with Gasteiger partial charge in [-0.3, -0.25) is 9.59 Å². The molecular weight excluding hydrogens is 252 g/mol. The summed E-state index contributed by atoms with van der Waals surface area (Å²) in [5.74, 6) is 0.0946. The van der Waals surface area contributed by atoms with Crippen molar-refractivity contribution in [1.82, 2.24) is 9.47 Å². The Morgan fingerprint density at radius 2 is 1.75 bits per heavy atom.